The van der Waals surface area contributed by atoms with Crippen molar-refractivity contribution in [2.24, 2.45) is 0 Å². The van der Waals surface area contributed by atoms with Crippen molar-refractivity contribution in [3.63, 3.8) is 0 Å². The van der Waals surface area contributed by atoms with E-state index in [1.54, 1.807) is 18.7 Å². The first-order valence-electron chi connectivity index (χ1n) is 5.47. The third-order valence-corrected chi connectivity index (χ3v) is 2.86. The maximum absolute atomic E-state index is 11.0. The highest BCUT2D eigenvalue weighted by Crippen LogP contribution is 2.22. The number of hydrogen-bond donors (Lipinski definition) is 1. The van der Waals surface area contributed by atoms with E-state index in [1.165, 1.54) is 6.20 Å². The number of methoxy groups -OCH3 is 1. The van der Waals surface area contributed by atoms with E-state index in [0.717, 1.165) is 17.0 Å². The summed E-state index contributed by atoms with van der Waals surface area (Å²) in [6.07, 6.45) is 1.36. The Kier molecular flexibility index (Phi) is 3.06. The van der Waals surface area contributed by atoms with Crippen LogP contribution < -0.4 is 4.74 Å². The molecule has 0 saturated carbocycles. The highest BCUT2D eigenvalue weighted by molar-refractivity contribution is 5.88. The molecule has 0 radical (unpaired) electrons. The molecule has 2 aromatic rings. The zero-order chi connectivity index (χ0) is 13.3. The van der Waals surface area contributed by atoms with E-state index in [0.29, 0.717) is 5.69 Å². The Bertz CT molecular complexity index is 602. The molecular formula is C13H14N2O3. The molecule has 0 bridgehead atoms. The van der Waals surface area contributed by atoms with Crippen LogP contribution in [0.5, 0.6) is 5.75 Å². The third-order valence-electron chi connectivity index (χ3n) is 2.86. The first-order chi connectivity index (χ1) is 8.54. The van der Waals surface area contributed by atoms with Crippen molar-refractivity contribution in [1.82, 2.24) is 9.78 Å². The lowest BCUT2D eigenvalue weighted by Crippen LogP contribution is -2.03. The number of aromatic nitrogens is 2. The molecule has 5 heteroatoms. The number of ether oxygens (including phenoxy) is 1. The van der Waals surface area contributed by atoms with Crippen LogP contribution >= 0.6 is 0 Å². The third kappa shape index (κ3) is 1.95. The van der Waals surface area contributed by atoms with Gasteiger partial charge >= 0.3 is 5.97 Å². The Morgan fingerprint density at radius 2 is 2.11 bits per heavy atom. The molecule has 1 N–H and O–H groups in total. The molecule has 0 spiro atoms. The van der Waals surface area contributed by atoms with E-state index < -0.39 is 5.97 Å². The van der Waals surface area contributed by atoms with Crippen LogP contribution in [0.15, 0.2) is 24.4 Å². The summed E-state index contributed by atoms with van der Waals surface area (Å²) in [4.78, 5) is 11.0. The van der Waals surface area contributed by atoms with Crippen molar-refractivity contribution in [1.29, 1.82) is 0 Å². The van der Waals surface area contributed by atoms with Crippen LogP contribution in [0.1, 0.15) is 21.6 Å². The number of carboxylic acid groups (broad SMARTS) is 1. The summed E-state index contributed by atoms with van der Waals surface area (Å²) in [6, 6.07) is 5.59. The van der Waals surface area contributed by atoms with Crippen molar-refractivity contribution in [2.75, 3.05) is 7.11 Å². The molecule has 0 aliphatic heterocycles. The van der Waals surface area contributed by atoms with Crippen LogP contribution in [-0.4, -0.2) is 28.0 Å². The topological polar surface area (TPSA) is 64.4 Å². The highest BCUT2D eigenvalue weighted by Gasteiger charge is 2.14. The molecule has 18 heavy (non-hydrogen) atoms. The summed E-state index contributed by atoms with van der Waals surface area (Å²) in [7, 11) is 1.61. The lowest BCUT2D eigenvalue weighted by Gasteiger charge is -2.09. The zero-order valence-corrected chi connectivity index (χ0v) is 10.5. The molecular weight excluding hydrogens is 232 g/mol. The fourth-order valence-corrected chi connectivity index (χ4v) is 1.87. The fraction of sp³-hybridized carbons (Fsp3) is 0.231. The lowest BCUT2D eigenvalue weighted by molar-refractivity contribution is 0.0696. The second-order valence-electron chi connectivity index (χ2n) is 4.01. The average molecular weight is 246 g/mol. The maximum atomic E-state index is 11.0. The normalized spacial score (nSPS) is 10.4. The molecule has 0 atom stereocenters. The zero-order valence-electron chi connectivity index (χ0n) is 10.5. The van der Waals surface area contributed by atoms with Gasteiger partial charge in [0.1, 0.15) is 11.3 Å². The first kappa shape index (κ1) is 12.2. The number of rotatable bonds is 3. The summed E-state index contributed by atoms with van der Waals surface area (Å²) < 4.78 is 6.79. The quantitative estimate of drug-likeness (QED) is 0.901. The Balaban J connectivity index is 2.49. The first-order valence-corrected chi connectivity index (χ1v) is 5.47. The summed E-state index contributed by atoms with van der Waals surface area (Å²) in [5.41, 5.74) is 2.61. The second-order valence-corrected chi connectivity index (χ2v) is 4.01. The van der Waals surface area contributed by atoms with Crippen molar-refractivity contribution in [3.8, 4) is 11.4 Å². The summed E-state index contributed by atoms with van der Waals surface area (Å²) in [5, 5.41) is 13.1. The molecule has 0 aliphatic rings. The summed E-state index contributed by atoms with van der Waals surface area (Å²) >= 11 is 0. The number of carbonyl (C=O) groups is 1. The van der Waals surface area contributed by atoms with Gasteiger partial charge in [0.05, 0.1) is 24.7 Å². The van der Waals surface area contributed by atoms with Crippen LogP contribution in [0.25, 0.3) is 5.69 Å². The maximum Gasteiger partial charge on any atom is 0.339 e. The summed E-state index contributed by atoms with van der Waals surface area (Å²) in [5.74, 6) is -0.175. The predicted molar refractivity (Wildman–Crippen MR) is 66.5 cm³/mol. The molecule has 0 amide bonds. The van der Waals surface area contributed by atoms with Crippen LogP contribution in [-0.2, 0) is 0 Å². The van der Waals surface area contributed by atoms with Gasteiger partial charge in [0.25, 0.3) is 0 Å². The van der Waals surface area contributed by atoms with Gasteiger partial charge in [-0.15, -0.1) is 0 Å². The predicted octanol–water partition coefficient (Wildman–Crippen LogP) is 2.20. The summed E-state index contributed by atoms with van der Waals surface area (Å²) in [6.45, 7) is 3.66. The highest BCUT2D eigenvalue weighted by atomic mass is 16.5. The van der Waals surface area contributed by atoms with Gasteiger partial charge in [-0.05, 0) is 37.6 Å². The van der Waals surface area contributed by atoms with Gasteiger partial charge < -0.3 is 9.84 Å². The van der Waals surface area contributed by atoms with Gasteiger partial charge in [0.2, 0.25) is 0 Å². The van der Waals surface area contributed by atoms with Gasteiger partial charge in [-0.3, -0.25) is 0 Å². The molecule has 5 nitrogen and oxygen atoms in total. The van der Waals surface area contributed by atoms with E-state index in [4.69, 9.17) is 9.84 Å². The van der Waals surface area contributed by atoms with Gasteiger partial charge in [-0.2, -0.15) is 5.10 Å². The average Bonchev–Trinajstić information content (AvgIpc) is 2.71. The van der Waals surface area contributed by atoms with Crippen LogP contribution in [0.4, 0.5) is 0 Å². The van der Waals surface area contributed by atoms with E-state index in [9.17, 15) is 4.79 Å². The van der Waals surface area contributed by atoms with Gasteiger partial charge in [0, 0.05) is 0 Å². The minimum Gasteiger partial charge on any atom is -0.496 e. The molecule has 0 saturated heterocycles. The van der Waals surface area contributed by atoms with Crippen LogP contribution in [0.2, 0.25) is 0 Å². The van der Waals surface area contributed by atoms with E-state index in [2.05, 4.69) is 5.10 Å². The van der Waals surface area contributed by atoms with Gasteiger partial charge in [-0.25, -0.2) is 9.48 Å². The number of carboxylic acids is 1. The Morgan fingerprint density at radius 3 is 2.61 bits per heavy atom. The van der Waals surface area contributed by atoms with Crippen molar-refractivity contribution in [2.45, 2.75) is 13.8 Å². The smallest absolute Gasteiger partial charge is 0.339 e. The van der Waals surface area contributed by atoms with Crippen molar-refractivity contribution in [3.05, 3.63) is 41.2 Å². The molecule has 1 aromatic carbocycles. The number of aryl methyl sites for hydroxylation is 1. The minimum atomic E-state index is -0.969. The van der Waals surface area contributed by atoms with Gasteiger partial charge in [-0.1, -0.05) is 0 Å². The molecule has 1 heterocycles. The largest absolute Gasteiger partial charge is 0.496 e. The number of aromatic carboxylic acids is 1. The van der Waals surface area contributed by atoms with Gasteiger partial charge in [0.15, 0.2) is 0 Å². The van der Waals surface area contributed by atoms with Crippen LogP contribution in [0, 0.1) is 13.8 Å². The number of nitrogens with zero attached hydrogens (tertiary/aromatic N) is 2. The molecule has 94 valence electrons. The van der Waals surface area contributed by atoms with E-state index >= 15 is 0 Å². The standard InChI is InChI=1S/C13H14N2O3/c1-8-6-10(4-5-12(8)18-3)15-9(2)11(7-14-15)13(16)17/h4-7H,1-3H3,(H,16,17). The molecule has 2 rings (SSSR count). The monoisotopic (exact) mass is 246 g/mol. The molecule has 0 unspecified atom stereocenters. The SMILES string of the molecule is COc1ccc(-n2ncc(C(=O)O)c2C)cc1C. The number of hydrogen-bond acceptors (Lipinski definition) is 3. The second kappa shape index (κ2) is 4.52. The lowest BCUT2D eigenvalue weighted by atomic mass is 10.2. The number of benzene rings is 1. The molecule has 1 aromatic heterocycles. The Morgan fingerprint density at radius 1 is 1.39 bits per heavy atom. The Labute approximate surface area is 105 Å². The van der Waals surface area contributed by atoms with E-state index in [-0.39, 0.29) is 5.56 Å². The fourth-order valence-electron chi connectivity index (χ4n) is 1.87. The van der Waals surface area contributed by atoms with E-state index in [1.807, 2.05) is 25.1 Å². The Hall–Kier alpha value is -2.30. The minimum absolute atomic E-state index is 0.212. The molecule has 0 aliphatic carbocycles. The van der Waals surface area contributed by atoms with Crippen molar-refractivity contribution < 1.29 is 14.6 Å². The van der Waals surface area contributed by atoms with Crippen molar-refractivity contribution >= 4 is 5.97 Å². The molecule has 0 fully saturated rings. The van der Waals surface area contributed by atoms with Crippen LogP contribution in [0.3, 0.4) is 0 Å².